The van der Waals surface area contributed by atoms with Gasteiger partial charge in [0.05, 0.1) is 11.4 Å². The molecule has 1 saturated heterocycles. The van der Waals surface area contributed by atoms with Gasteiger partial charge in [0.15, 0.2) is 0 Å². The number of carboxylic acid groups (broad SMARTS) is 1. The molecule has 6 nitrogen and oxygen atoms in total. The van der Waals surface area contributed by atoms with Gasteiger partial charge < -0.3 is 5.11 Å². The number of nitrogens with zero attached hydrogens (tertiary/aromatic N) is 4. The average Bonchev–Trinajstić information content (AvgIpc) is 3.20. The molecule has 1 fully saturated rings. The summed E-state index contributed by atoms with van der Waals surface area (Å²) in [6, 6.07) is 6.69. The first-order valence-electron chi connectivity index (χ1n) is 7.94. The molecule has 1 aliphatic heterocycles. The number of likely N-dealkylation sites (tertiary alicyclic amines) is 1. The van der Waals surface area contributed by atoms with Crippen LogP contribution in [0.15, 0.2) is 30.6 Å². The van der Waals surface area contributed by atoms with Crippen LogP contribution in [-0.4, -0.2) is 44.3 Å². The predicted molar refractivity (Wildman–Crippen MR) is 89.0 cm³/mol. The molecule has 2 aromatic heterocycles. The monoisotopic (exact) mass is 316 g/mol. The number of carbonyl (C=O) groups is 1. The molecule has 0 unspecified atom stereocenters. The van der Waals surface area contributed by atoms with Gasteiger partial charge in [-0.2, -0.15) is 5.10 Å². The van der Waals surface area contributed by atoms with Crippen LogP contribution in [0, 0.1) is 0 Å². The average molecular weight is 316 g/mol. The third kappa shape index (κ3) is 4.63. The summed E-state index contributed by atoms with van der Waals surface area (Å²) >= 11 is 0. The van der Waals surface area contributed by atoms with E-state index in [-0.39, 0.29) is 6.47 Å². The smallest absolute Gasteiger partial charge is 0.290 e. The summed E-state index contributed by atoms with van der Waals surface area (Å²) in [7, 11) is 0. The molecule has 0 atom stereocenters. The molecule has 0 saturated carbocycles. The van der Waals surface area contributed by atoms with Gasteiger partial charge in [0, 0.05) is 25.0 Å². The first-order valence-corrected chi connectivity index (χ1v) is 7.94. The van der Waals surface area contributed by atoms with Crippen LogP contribution >= 0.6 is 0 Å². The van der Waals surface area contributed by atoms with Crippen LogP contribution in [0.4, 0.5) is 0 Å². The Morgan fingerprint density at radius 2 is 1.96 bits per heavy atom. The summed E-state index contributed by atoms with van der Waals surface area (Å²) in [5.74, 6) is 0. The van der Waals surface area contributed by atoms with Crippen molar-refractivity contribution in [1.82, 2.24) is 19.7 Å². The van der Waals surface area contributed by atoms with Gasteiger partial charge in [0.25, 0.3) is 6.47 Å². The highest BCUT2D eigenvalue weighted by Gasteiger charge is 2.13. The van der Waals surface area contributed by atoms with E-state index < -0.39 is 0 Å². The van der Waals surface area contributed by atoms with Crippen molar-refractivity contribution in [3.05, 3.63) is 36.2 Å². The highest BCUT2D eigenvalue weighted by Crippen LogP contribution is 2.21. The zero-order valence-corrected chi connectivity index (χ0v) is 13.7. The second-order valence-electron chi connectivity index (χ2n) is 5.90. The van der Waals surface area contributed by atoms with E-state index in [4.69, 9.17) is 9.90 Å². The largest absolute Gasteiger partial charge is 0.483 e. The van der Waals surface area contributed by atoms with Gasteiger partial charge in [-0.1, -0.05) is 6.07 Å². The van der Waals surface area contributed by atoms with Crippen molar-refractivity contribution in [2.75, 3.05) is 13.1 Å². The van der Waals surface area contributed by atoms with Gasteiger partial charge in [-0.15, -0.1) is 0 Å². The number of hydrogen-bond acceptors (Lipinski definition) is 4. The van der Waals surface area contributed by atoms with Crippen LogP contribution in [-0.2, 0) is 11.3 Å². The van der Waals surface area contributed by atoms with Crippen LogP contribution in [0.25, 0.3) is 11.4 Å². The van der Waals surface area contributed by atoms with E-state index in [1.54, 1.807) is 0 Å². The van der Waals surface area contributed by atoms with Gasteiger partial charge in [0.1, 0.15) is 0 Å². The minimum absolute atomic E-state index is 0.250. The van der Waals surface area contributed by atoms with Crippen LogP contribution in [0.5, 0.6) is 0 Å². The topological polar surface area (TPSA) is 71.2 Å². The standard InChI is InChI=1S/C16H22N4.CH2O2/c1-13(2)20-16(7-8-18-20)15-6-5-14(11-17-15)12-19-9-3-4-10-19;2-1-3/h5-8,11,13H,3-4,9-10,12H2,1-2H3;1H,(H,2,3). The van der Waals surface area contributed by atoms with Gasteiger partial charge in [-0.05, 0) is 57.5 Å². The van der Waals surface area contributed by atoms with E-state index in [0.29, 0.717) is 6.04 Å². The first kappa shape index (κ1) is 17.1. The Balaban J connectivity index is 0.000000595. The maximum Gasteiger partial charge on any atom is 0.290 e. The maximum absolute atomic E-state index is 8.36. The Morgan fingerprint density at radius 3 is 2.52 bits per heavy atom. The lowest BCUT2D eigenvalue weighted by Gasteiger charge is -2.15. The van der Waals surface area contributed by atoms with Gasteiger partial charge in [-0.25, -0.2) is 0 Å². The number of hydrogen-bond donors (Lipinski definition) is 1. The highest BCUT2D eigenvalue weighted by molar-refractivity contribution is 5.54. The Hall–Kier alpha value is -2.21. The minimum atomic E-state index is -0.250. The fraction of sp³-hybridized carbons (Fsp3) is 0.471. The third-order valence-electron chi connectivity index (χ3n) is 3.85. The van der Waals surface area contributed by atoms with Gasteiger partial charge in [0.2, 0.25) is 0 Å². The maximum atomic E-state index is 8.36. The summed E-state index contributed by atoms with van der Waals surface area (Å²) in [5, 5.41) is 11.3. The molecular weight excluding hydrogens is 292 g/mol. The number of aromatic nitrogens is 3. The summed E-state index contributed by atoms with van der Waals surface area (Å²) in [6.45, 7) is 7.50. The first-order chi connectivity index (χ1) is 11.2. The normalized spacial score (nSPS) is 14.6. The van der Waals surface area contributed by atoms with Gasteiger partial charge in [-0.3, -0.25) is 19.4 Å². The Kier molecular flexibility index (Phi) is 6.29. The zero-order valence-electron chi connectivity index (χ0n) is 13.7. The highest BCUT2D eigenvalue weighted by atomic mass is 16.3. The molecule has 0 radical (unpaired) electrons. The molecule has 23 heavy (non-hydrogen) atoms. The third-order valence-corrected chi connectivity index (χ3v) is 3.85. The molecule has 3 heterocycles. The molecule has 0 bridgehead atoms. The Labute approximate surface area is 136 Å². The minimum Gasteiger partial charge on any atom is -0.483 e. The van der Waals surface area contributed by atoms with E-state index in [1.165, 1.54) is 31.5 Å². The zero-order chi connectivity index (χ0) is 16.7. The lowest BCUT2D eigenvalue weighted by atomic mass is 10.2. The van der Waals surface area contributed by atoms with Crippen molar-refractivity contribution in [2.24, 2.45) is 0 Å². The fourth-order valence-corrected chi connectivity index (χ4v) is 2.80. The molecule has 1 aliphatic rings. The van der Waals surface area contributed by atoms with E-state index in [9.17, 15) is 0 Å². The number of rotatable bonds is 4. The second kappa shape index (κ2) is 8.43. The molecular formula is C17H24N4O2. The SMILES string of the molecule is CC(C)n1nccc1-c1ccc(CN2CCCC2)cn1.O=CO. The Morgan fingerprint density at radius 1 is 1.26 bits per heavy atom. The summed E-state index contributed by atoms with van der Waals surface area (Å²) in [5.41, 5.74) is 3.39. The van der Waals surface area contributed by atoms with Crippen LogP contribution in [0.3, 0.4) is 0 Å². The van der Waals surface area contributed by atoms with Crippen LogP contribution < -0.4 is 0 Å². The quantitative estimate of drug-likeness (QED) is 0.878. The molecule has 0 aliphatic carbocycles. The van der Waals surface area contributed by atoms with Crippen molar-refractivity contribution in [2.45, 2.75) is 39.3 Å². The molecule has 1 N–H and O–H groups in total. The summed E-state index contributed by atoms with van der Waals surface area (Å²) < 4.78 is 2.02. The second-order valence-corrected chi connectivity index (χ2v) is 5.90. The van der Waals surface area contributed by atoms with Crippen molar-refractivity contribution in [3.8, 4) is 11.4 Å². The molecule has 2 aromatic rings. The van der Waals surface area contributed by atoms with Crippen molar-refractivity contribution >= 4 is 6.47 Å². The molecule has 0 spiro atoms. The van der Waals surface area contributed by atoms with Crippen LogP contribution in [0.2, 0.25) is 0 Å². The lowest BCUT2D eigenvalue weighted by molar-refractivity contribution is -0.122. The molecule has 124 valence electrons. The summed E-state index contributed by atoms with van der Waals surface area (Å²) in [6.07, 6.45) is 6.51. The Bertz CT molecular complexity index is 601. The molecule has 3 rings (SSSR count). The predicted octanol–water partition coefficient (Wildman–Crippen LogP) is 2.82. The molecule has 0 amide bonds. The fourth-order valence-electron chi connectivity index (χ4n) is 2.80. The van der Waals surface area contributed by atoms with Crippen molar-refractivity contribution in [1.29, 1.82) is 0 Å². The van der Waals surface area contributed by atoms with E-state index >= 15 is 0 Å². The van der Waals surface area contributed by atoms with E-state index in [2.05, 4.69) is 41.0 Å². The summed E-state index contributed by atoms with van der Waals surface area (Å²) in [4.78, 5) is 15.5. The van der Waals surface area contributed by atoms with Crippen molar-refractivity contribution < 1.29 is 9.90 Å². The van der Waals surface area contributed by atoms with E-state index in [0.717, 1.165) is 17.9 Å². The van der Waals surface area contributed by atoms with Crippen LogP contribution in [0.1, 0.15) is 38.3 Å². The number of pyridine rings is 1. The molecule has 6 heteroatoms. The van der Waals surface area contributed by atoms with Gasteiger partial charge >= 0.3 is 0 Å². The molecule has 0 aromatic carbocycles. The van der Waals surface area contributed by atoms with E-state index in [1.807, 2.05) is 23.1 Å². The lowest BCUT2D eigenvalue weighted by Crippen LogP contribution is -2.18. The van der Waals surface area contributed by atoms with Crippen molar-refractivity contribution in [3.63, 3.8) is 0 Å².